The first-order valence-corrected chi connectivity index (χ1v) is 7.27. The topological polar surface area (TPSA) is 61.9 Å². The molecule has 0 unspecified atom stereocenters. The zero-order chi connectivity index (χ0) is 15.7. The molecule has 2 aromatic rings. The molecule has 0 spiro atoms. The molecule has 8 heteroatoms. The lowest BCUT2D eigenvalue weighted by molar-refractivity contribution is 0.0595. The average molecular weight is 327 g/mol. The molecule has 0 bridgehead atoms. The zero-order valence-electron chi connectivity index (χ0n) is 11.5. The van der Waals surface area contributed by atoms with Gasteiger partial charge in [-0.15, -0.1) is 0 Å². The van der Waals surface area contributed by atoms with E-state index in [1.807, 2.05) is 0 Å². The summed E-state index contributed by atoms with van der Waals surface area (Å²) < 4.78 is 27.3. The molecule has 5 nitrogen and oxygen atoms in total. The number of rotatable bonds is 2. The van der Waals surface area contributed by atoms with Gasteiger partial charge in [-0.3, -0.25) is 9.89 Å². The molecular weight excluding hydrogens is 314 g/mol. The Labute approximate surface area is 130 Å². The molecule has 0 aliphatic carbocycles. The van der Waals surface area contributed by atoms with E-state index in [4.69, 9.17) is 11.6 Å². The summed E-state index contributed by atoms with van der Waals surface area (Å²) in [4.78, 5) is 18.2. The van der Waals surface area contributed by atoms with Crippen LogP contribution in [0.2, 0.25) is 5.02 Å². The lowest BCUT2D eigenvalue weighted by atomic mass is 10.00. The van der Waals surface area contributed by atoms with Crippen LogP contribution in [-0.2, 0) is 0 Å². The Balaban J connectivity index is 1.94. The van der Waals surface area contributed by atoms with Crippen LogP contribution < -0.4 is 0 Å². The van der Waals surface area contributed by atoms with Crippen molar-refractivity contribution in [2.24, 2.45) is 0 Å². The Hall–Kier alpha value is -2.02. The number of nitrogens with one attached hydrogen (secondary N) is 1. The fourth-order valence-corrected chi connectivity index (χ4v) is 2.84. The van der Waals surface area contributed by atoms with Crippen LogP contribution in [-0.4, -0.2) is 32.5 Å². The molecule has 0 radical (unpaired) electrons. The number of carbonyl (C=O) groups is 1. The molecule has 1 N–H and O–H groups in total. The summed E-state index contributed by atoms with van der Waals surface area (Å²) in [7, 11) is 0. The molecule has 1 aliphatic heterocycles. The van der Waals surface area contributed by atoms with E-state index >= 15 is 0 Å². The van der Waals surface area contributed by atoms with E-state index in [-0.39, 0.29) is 11.6 Å². The molecular formula is C14H13ClF2N4O. The average Bonchev–Trinajstić information content (AvgIpc) is 3.06. The van der Waals surface area contributed by atoms with Gasteiger partial charge in [0.2, 0.25) is 0 Å². The zero-order valence-corrected chi connectivity index (χ0v) is 12.3. The number of halogens is 3. The summed E-state index contributed by atoms with van der Waals surface area (Å²) in [5, 5.41) is 5.86. The minimum absolute atomic E-state index is 0.238. The van der Waals surface area contributed by atoms with E-state index in [1.165, 1.54) is 11.2 Å². The molecule has 1 saturated heterocycles. The maximum atomic E-state index is 14.1. The van der Waals surface area contributed by atoms with Gasteiger partial charge in [-0.05, 0) is 31.4 Å². The quantitative estimate of drug-likeness (QED) is 0.863. The third-order valence-corrected chi connectivity index (χ3v) is 4.13. The van der Waals surface area contributed by atoms with E-state index in [0.717, 1.165) is 25.0 Å². The molecule has 116 valence electrons. The summed E-state index contributed by atoms with van der Waals surface area (Å²) in [5.41, 5.74) is -0.238. The maximum absolute atomic E-state index is 14.1. The summed E-state index contributed by atoms with van der Waals surface area (Å²) >= 11 is 5.55. The van der Waals surface area contributed by atoms with Crippen LogP contribution in [0.25, 0.3) is 0 Å². The monoisotopic (exact) mass is 326 g/mol. The van der Waals surface area contributed by atoms with Crippen molar-refractivity contribution in [2.75, 3.05) is 6.54 Å². The van der Waals surface area contributed by atoms with Crippen molar-refractivity contribution >= 4 is 17.5 Å². The van der Waals surface area contributed by atoms with Crippen molar-refractivity contribution in [2.45, 2.75) is 25.3 Å². The largest absolute Gasteiger partial charge is 0.328 e. The van der Waals surface area contributed by atoms with Gasteiger partial charge in [-0.25, -0.2) is 13.8 Å². The van der Waals surface area contributed by atoms with Crippen molar-refractivity contribution in [3.63, 3.8) is 0 Å². The summed E-state index contributed by atoms with van der Waals surface area (Å²) in [6, 6.07) is 1.81. The highest BCUT2D eigenvalue weighted by molar-refractivity contribution is 6.31. The molecule has 0 saturated carbocycles. The summed E-state index contributed by atoms with van der Waals surface area (Å²) in [5.74, 6) is -1.89. The normalized spacial score (nSPS) is 18.5. The van der Waals surface area contributed by atoms with Crippen LogP contribution >= 0.6 is 11.6 Å². The maximum Gasteiger partial charge on any atom is 0.257 e. The Morgan fingerprint density at radius 2 is 2.18 bits per heavy atom. The van der Waals surface area contributed by atoms with Gasteiger partial charge in [-0.1, -0.05) is 11.6 Å². The van der Waals surface area contributed by atoms with Gasteiger partial charge in [-0.2, -0.15) is 5.10 Å². The minimum Gasteiger partial charge on any atom is -0.328 e. The SMILES string of the molecule is O=C(c1ccc(F)c(Cl)c1F)N1CCCC[C@H]1c1ncn[nH]1. The first kappa shape index (κ1) is 14.9. The van der Waals surface area contributed by atoms with Crippen LogP contribution in [0.3, 0.4) is 0 Å². The van der Waals surface area contributed by atoms with Crippen LogP contribution in [0.1, 0.15) is 41.5 Å². The summed E-state index contributed by atoms with van der Waals surface area (Å²) in [6.45, 7) is 0.471. The van der Waals surface area contributed by atoms with E-state index in [1.54, 1.807) is 0 Å². The molecule has 3 rings (SSSR count). The Morgan fingerprint density at radius 1 is 1.36 bits per heavy atom. The number of hydrogen-bond donors (Lipinski definition) is 1. The first-order valence-electron chi connectivity index (χ1n) is 6.89. The van der Waals surface area contributed by atoms with E-state index in [0.29, 0.717) is 18.8 Å². The van der Waals surface area contributed by atoms with Crippen LogP contribution in [0.4, 0.5) is 8.78 Å². The molecule has 1 aromatic carbocycles. The first-order chi connectivity index (χ1) is 10.6. The van der Waals surface area contributed by atoms with Crippen molar-refractivity contribution in [3.05, 3.63) is 46.5 Å². The predicted molar refractivity (Wildman–Crippen MR) is 75.4 cm³/mol. The van der Waals surface area contributed by atoms with Gasteiger partial charge < -0.3 is 4.90 Å². The van der Waals surface area contributed by atoms with Crippen LogP contribution in [0.5, 0.6) is 0 Å². The highest BCUT2D eigenvalue weighted by Crippen LogP contribution is 2.31. The van der Waals surface area contributed by atoms with Crippen molar-refractivity contribution < 1.29 is 13.6 Å². The predicted octanol–water partition coefficient (Wildman–Crippen LogP) is 3.10. The Kier molecular flexibility index (Phi) is 4.06. The molecule has 22 heavy (non-hydrogen) atoms. The second-order valence-corrected chi connectivity index (χ2v) is 5.48. The van der Waals surface area contributed by atoms with Gasteiger partial charge in [0.1, 0.15) is 23.0 Å². The number of benzene rings is 1. The highest BCUT2D eigenvalue weighted by Gasteiger charge is 2.32. The fourth-order valence-electron chi connectivity index (χ4n) is 2.68. The lowest BCUT2D eigenvalue weighted by Gasteiger charge is -2.34. The van der Waals surface area contributed by atoms with Gasteiger partial charge in [0.15, 0.2) is 5.82 Å². The number of carbonyl (C=O) groups excluding carboxylic acids is 1. The Morgan fingerprint density at radius 3 is 2.91 bits per heavy atom. The molecule has 1 aromatic heterocycles. The number of piperidine rings is 1. The molecule has 1 aliphatic rings. The lowest BCUT2D eigenvalue weighted by Crippen LogP contribution is -2.39. The second kappa shape index (κ2) is 6.00. The van der Waals surface area contributed by atoms with E-state index in [2.05, 4.69) is 15.2 Å². The number of nitrogens with zero attached hydrogens (tertiary/aromatic N) is 3. The Bertz CT molecular complexity index is 692. The van der Waals surface area contributed by atoms with Crippen LogP contribution in [0, 0.1) is 11.6 Å². The van der Waals surface area contributed by atoms with Crippen LogP contribution in [0.15, 0.2) is 18.5 Å². The molecule has 2 heterocycles. The number of H-pyrrole nitrogens is 1. The van der Waals surface area contributed by atoms with Gasteiger partial charge in [0, 0.05) is 6.54 Å². The molecule has 1 amide bonds. The third kappa shape index (κ3) is 2.56. The number of aromatic nitrogens is 3. The second-order valence-electron chi connectivity index (χ2n) is 5.10. The molecule has 1 atom stereocenters. The van der Waals surface area contributed by atoms with Gasteiger partial charge >= 0.3 is 0 Å². The number of aromatic amines is 1. The number of amides is 1. The smallest absolute Gasteiger partial charge is 0.257 e. The fraction of sp³-hybridized carbons (Fsp3) is 0.357. The molecule has 1 fully saturated rings. The van der Waals surface area contributed by atoms with E-state index in [9.17, 15) is 13.6 Å². The number of likely N-dealkylation sites (tertiary alicyclic amines) is 1. The number of hydrogen-bond acceptors (Lipinski definition) is 3. The highest BCUT2D eigenvalue weighted by atomic mass is 35.5. The standard InChI is InChI=1S/C14H13ClF2N4O/c15-11-9(16)5-4-8(12(11)17)14(22)21-6-2-1-3-10(21)13-18-7-19-20-13/h4-5,7,10H,1-3,6H2,(H,18,19,20)/t10-/m0/s1. The van der Waals surface area contributed by atoms with E-state index < -0.39 is 22.6 Å². The van der Waals surface area contributed by atoms with Gasteiger partial charge in [0.25, 0.3) is 5.91 Å². The van der Waals surface area contributed by atoms with Gasteiger partial charge in [0.05, 0.1) is 11.6 Å². The third-order valence-electron chi connectivity index (χ3n) is 3.78. The summed E-state index contributed by atoms with van der Waals surface area (Å²) in [6.07, 6.45) is 3.81. The van der Waals surface area contributed by atoms with Crippen molar-refractivity contribution in [1.82, 2.24) is 20.1 Å². The minimum atomic E-state index is -1.03. The van der Waals surface area contributed by atoms with Crippen molar-refractivity contribution in [3.8, 4) is 0 Å². The van der Waals surface area contributed by atoms with Crippen molar-refractivity contribution in [1.29, 1.82) is 0 Å².